The first-order valence-corrected chi connectivity index (χ1v) is 10.1. The Bertz CT molecular complexity index is 496. The molecule has 0 aromatic rings. The Morgan fingerprint density at radius 3 is 2.64 bits per heavy atom. The Kier molecular flexibility index (Phi) is 6.40. The molecule has 25 heavy (non-hydrogen) atoms. The fourth-order valence-corrected chi connectivity index (χ4v) is 5.97. The SMILES string of the molecule is C=C1CCC2C(C)(C)CCCC2(C)C1CCC(C)C(CO)OC(C)=O. The maximum absolute atomic E-state index is 11.2. The van der Waals surface area contributed by atoms with Crippen LogP contribution >= 0.6 is 0 Å². The van der Waals surface area contributed by atoms with Crippen LogP contribution in [-0.2, 0) is 9.53 Å². The van der Waals surface area contributed by atoms with E-state index >= 15 is 0 Å². The second-order valence-corrected chi connectivity index (χ2v) is 9.54. The summed E-state index contributed by atoms with van der Waals surface area (Å²) in [6.45, 7) is 15.2. The van der Waals surface area contributed by atoms with E-state index in [9.17, 15) is 9.90 Å². The smallest absolute Gasteiger partial charge is 0.302 e. The Balaban J connectivity index is 2.08. The van der Waals surface area contributed by atoms with Gasteiger partial charge in [0, 0.05) is 6.92 Å². The van der Waals surface area contributed by atoms with Gasteiger partial charge in [-0.25, -0.2) is 0 Å². The van der Waals surface area contributed by atoms with Crippen molar-refractivity contribution in [3.63, 3.8) is 0 Å². The molecule has 5 unspecified atom stereocenters. The summed E-state index contributed by atoms with van der Waals surface area (Å²) >= 11 is 0. The van der Waals surface area contributed by atoms with Gasteiger partial charge in [0.25, 0.3) is 0 Å². The molecule has 2 saturated carbocycles. The molecule has 0 saturated heterocycles. The van der Waals surface area contributed by atoms with E-state index in [-0.39, 0.29) is 24.6 Å². The number of aliphatic hydroxyl groups excluding tert-OH is 1. The molecule has 0 heterocycles. The Morgan fingerprint density at radius 1 is 1.36 bits per heavy atom. The summed E-state index contributed by atoms with van der Waals surface area (Å²) in [5.41, 5.74) is 2.17. The van der Waals surface area contributed by atoms with Crippen LogP contribution < -0.4 is 0 Å². The van der Waals surface area contributed by atoms with Gasteiger partial charge in [0.15, 0.2) is 0 Å². The highest BCUT2D eigenvalue weighted by Gasteiger charge is 2.52. The number of esters is 1. The third kappa shape index (κ3) is 4.30. The molecular formula is C22H38O3. The fraction of sp³-hybridized carbons (Fsp3) is 0.864. The zero-order chi connectivity index (χ0) is 18.8. The average Bonchev–Trinajstić information content (AvgIpc) is 2.50. The van der Waals surface area contributed by atoms with Crippen LogP contribution in [0.2, 0.25) is 0 Å². The van der Waals surface area contributed by atoms with Crippen LogP contribution in [0.25, 0.3) is 0 Å². The molecule has 2 fully saturated rings. The van der Waals surface area contributed by atoms with Crippen molar-refractivity contribution < 1.29 is 14.6 Å². The van der Waals surface area contributed by atoms with Gasteiger partial charge >= 0.3 is 5.97 Å². The third-order valence-corrected chi connectivity index (χ3v) is 7.36. The van der Waals surface area contributed by atoms with Gasteiger partial charge in [-0.05, 0) is 67.1 Å². The van der Waals surface area contributed by atoms with Crippen LogP contribution in [0, 0.1) is 28.6 Å². The van der Waals surface area contributed by atoms with Crippen molar-refractivity contribution in [2.45, 2.75) is 85.7 Å². The highest BCUT2D eigenvalue weighted by atomic mass is 16.5. The van der Waals surface area contributed by atoms with E-state index in [1.165, 1.54) is 38.2 Å². The standard InChI is InChI=1S/C22H38O3/c1-15-9-11-20-21(4,5)12-7-13-22(20,6)18(15)10-8-16(2)19(14-23)25-17(3)24/h16,18-20,23H,1,7-14H2,2-6H3. The van der Waals surface area contributed by atoms with Crippen molar-refractivity contribution >= 4 is 5.97 Å². The molecule has 0 bridgehead atoms. The molecule has 0 aromatic heterocycles. The maximum atomic E-state index is 11.2. The van der Waals surface area contributed by atoms with Crippen molar-refractivity contribution in [3.05, 3.63) is 12.2 Å². The van der Waals surface area contributed by atoms with Gasteiger partial charge in [0.05, 0.1) is 6.61 Å². The number of fused-ring (bicyclic) bond motifs is 1. The fourth-order valence-electron chi connectivity index (χ4n) is 5.97. The Morgan fingerprint density at radius 2 is 2.04 bits per heavy atom. The van der Waals surface area contributed by atoms with Crippen molar-refractivity contribution in [2.24, 2.45) is 28.6 Å². The summed E-state index contributed by atoms with van der Waals surface area (Å²) in [6.07, 6.45) is 8.03. The Labute approximate surface area is 154 Å². The largest absolute Gasteiger partial charge is 0.460 e. The molecule has 0 radical (unpaired) electrons. The molecule has 2 aliphatic rings. The van der Waals surface area contributed by atoms with Crippen LogP contribution in [0.4, 0.5) is 0 Å². The van der Waals surface area contributed by atoms with Crippen LogP contribution in [-0.4, -0.2) is 23.8 Å². The van der Waals surface area contributed by atoms with Crippen LogP contribution in [0.15, 0.2) is 12.2 Å². The van der Waals surface area contributed by atoms with E-state index in [1.807, 2.05) is 0 Å². The second kappa shape index (κ2) is 7.82. The zero-order valence-corrected chi connectivity index (χ0v) is 16.9. The molecule has 3 nitrogen and oxygen atoms in total. The monoisotopic (exact) mass is 350 g/mol. The van der Waals surface area contributed by atoms with Crippen molar-refractivity contribution in [1.29, 1.82) is 0 Å². The molecule has 2 aliphatic carbocycles. The molecule has 0 spiro atoms. The predicted molar refractivity (Wildman–Crippen MR) is 102 cm³/mol. The lowest BCUT2D eigenvalue weighted by molar-refractivity contribution is -0.151. The highest BCUT2D eigenvalue weighted by molar-refractivity contribution is 5.66. The van der Waals surface area contributed by atoms with Gasteiger partial charge in [-0.1, -0.05) is 46.3 Å². The molecule has 0 aliphatic heterocycles. The Hall–Kier alpha value is -0.830. The van der Waals surface area contributed by atoms with E-state index in [0.29, 0.717) is 16.7 Å². The lowest BCUT2D eigenvalue weighted by atomic mass is 9.47. The minimum Gasteiger partial charge on any atom is -0.460 e. The van der Waals surface area contributed by atoms with E-state index in [4.69, 9.17) is 4.74 Å². The molecule has 144 valence electrons. The average molecular weight is 351 g/mol. The first kappa shape index (κ1) is 20.5. The van der Waals surface area contributed by atoms with Gasteiger partial charge < -0.3 is 9.84 Å². The predicted octanol–water partition coefficient (Wildman–Crippen LogP) is 5.13. The number of carbonyl (C=O) groups is 1. The van der Waals surface area contributed by atoms with Crippen molar-refractivity contribution in [3.8, 4) is 0 Å². The lowest BCUT2D eigenvalue weighted by Gasteiger charge is -2.58. The van der Waals surface area contributed by atoms with E-state index in [2.05, 4.69) is 34.3 Å². The number of carbonyl (C=O) groups excluding carboxylic acids is 1. The summed E-state index contributed by atoms with van der Waals surface area (Å²) in [6, 6.07) is 0. The first-order valence-electron chi connectivity index (χ1n) is 10.1. The number of hydrogen-bond acceptors (Lipinski definition) is 3. The topological polar surface area (TPSA) is 46.5 Å². The van der Waals surface area contributed by atoms with E-state index < -0.39 is 0 Å². The maximum Gasteiger partial charge on any atom is 0.302 e. The van der Waals surface area contributed by atoms with E-state index in [1.54, 1.807) is 0 Å². The minimum atomic E-state index is -0.388. The molecular weight excluding hydrogens is 312 g/mol. The molecule has 0 amide bonds. The third-order valence-electron chi connectivity index (χ3n) is 7.36. The van der Waals surface area contributed by atoms with Gasteiger partial charge in [-0.2, -0.15) is 0 Å². The van der Waals surface area contributed by atoms with Gasteiger partial charge in [-0.15, -0.1) is 0 Å². The summed E-state index contributed by atoms with van der Waals surface area (Å²) in [5, 5.41) is 9.55. The quantitative estimate of drug-likeness (QED) is 0.534. The van der Waals surface area contributed by atoms with Gasteiger partial charge in [0.1, 0.15) is 6.10 Å². The molecule has 2 rings (SSSR count). The normalized spacial score (nSPS) is 34.1. The zero-order valence-electron chi connectivity index (χ0n) is 16.9. The number of rotatable bonds is 6. The summed E-state index contributed by atoms with van der Waals surface area (Å²) in [4.78, 5) is 11.2. The highest BCUT2D eigenvalue weighted by Crippen LogP contribution is 2.61. The number of ether oxygens (including phenoxy) is 1. The molecule has 5 atom stereocenters. The lowest BCUT2D eigenvalue weighted by Crippen LogP contribution is -2.49. The number of aliphatic hydroxyl groups is 1. The number of hydrogen-bond donors (Lipinski definition) is 1. The minimum absolute atomic E-state index is 0.0979. The molecule has 3 heteroatoms. The van der Waals surface area contributed by atoms with Crippen LogP contribution in [0.5, 0.6) is 0 Å². The first-order chi connectivity index (χ1) is 11.6. The van der Waals surface area contributed by atoms with E-state index in [0.717, 1.165) is 25.2 Å². The summed E-state index contributed by atoms with van der Waals surface area (Å²) in [7, 11) is 0. The molecule has 1 N–H and O–H groups in total. The van der Waals surface area contributed by atoms with Gasteiger partial charge in [-0.3, -0.25) is 4.79 Å². The van der Waals surface area contributed by atoms with Crippen LogP contribution in [0.3, 0.4) is 0 Å². The van der Waals surface area contributed by atoms with Crippen molar-refractivity contribution in [2.75, 3.05) is 6.61 Å². The number of allylic oxidation sites excluding steroid dienone is 1. The second-order valence-electron chi connectivity index (χ2n) is 9.54. The molecule has 0 aromatic carbocycles. The summed E-state index contributed by atoms with van der Waals surface area (Å²) < 4.78 is 5.28. The van der Waals surface area contributed by atoms with Crippen molar-refractivity contribution in [1.82, 2.24) is 0 Å². The summed E-state index contributed by atoms with van der Waals surface area (Å²) in [5.74, 6) is 1.17. The van der Waals surface area contributed by atoms with Gasteiger partial charge in [0.2, 0.25) is 0 Å². The van der Waals surface area contributed by atoms with Crippen LogP contribution in [0.1, 0.15) is 79.6 Å².